The summed E-state index contributed by atoms with van der Waals surface area (Å²) in [5, 5.41) is 3.21. The third kappa shape index (κ3) is 4.09. The number of likely N-dealkylation sites (tertiary alicyclic amines) is 1. The molecule has 0 aromatic rings. The van der Waals surface area contributed by atoms with Gasteiger partial charge < -0.3 is 15.8 Å². The quantitative estimate of drug-likeness (QED) is 0.587. The summed E-state index contributed by atoms with van der Waals surface area (Å²) in [5.74, 6) is 1.17. The summed E-state index contributed by atoms with van der Waals surface area (Å²) in [5.41, 5.74) is 6.17. The van der Waals surface area contributed by atoms with E-state index < -0.39 is 0 Å². The molecule has 5 nitrogen and oxygen atoms in total. The highest BCUT2D eigenvalue weighted by atomic mass is 16.5. The Morgan fingerprint density at radius 2 is 1.95 bits per heavy atom. The molecule has 2 fully saturated rings. The van der Waals surface area contributed by atoms with E-state index in [-0.39, 0.29) is 5.54 Å². The van der Waals surface area contributed by atoms with Gasteiger partial charge in [0.1, 0.15) is 0 Å². The van der Waals surface area contributed by atoms with Gasteiger partial charge in [0, 0.05) is 25.3 Å². The molecule has 0 bridgehead atoms. The molecular weight excluding hydrogens is 252 g/mol. The van der Waals surface area contributed by atoms with Crippen LogP contribution in [0.3, 0.4) is 0 Å². The minimum atomic E-state index is 0.179. The lowest BCUT2D eigenvalue weighted by Crippen LogP contribution is -2.53. The van der Waals surface area contributed by atoms with Crippen molar-refractivity contribution in [1.29, 1.82) is 0 Å². The molecule has 0 radical (unpaired) electrons. The van der Waals surface area contributed by atoms with Crippen molar-refractivity contribution in [3.05, 3.63) is 0 Å². The third-order valence-electron chi connectivity index (χ3n) is 4.44. The van der Waals surface area contributed by atoms with Crippen LogP contribution >= 0.6 is 0 Å². The van der Waals surface area contributed by atoms with Crippen molar-refractivity contribution < 1.29 is 4.74 Å². The highest BCUT2D eigenvalue weighted by Gasteiger charge is 2.39. The second-order valence-electron chi connectivity index (χ2n) is 6.51. The maximum absolute atomic E-state index is 5.99. The minimum Gasteiger partial charge on any atom is -0.381 e. The number of rotatable bonds is 5. The Kier molecular flexibility index (Phi) is 5.66. The van der Waals surface area contributed by atoms with Crippen molar-refractivity contribution in [2.24, 2.45) is 16.6 Å². The van der Waals surface area contributed by atoms with Gasteiger partial charge >= 0.3 is 0 Å². The smallest absolute Gasteiger partial charge is 0.188 e. The van der Waals surface area contributed by atoms with Crippen LogP contribution in [0.4, 0.5) is 0 Å². The molecule has 0 saturated carbocycles. The average Bonchev–Trinajstić information content (AvgIpc) is 2.98. The fraction of sp³-hybridized carbons (Fsp3) is 0.933. The lowest BCUT2D eigenvalue weighted by molar-refractivity contribution is -0.0138. The molecule has 0 aromatic carbocycles. The van der Waals surface area contributed by atoms with Crippen LogP contribution in [-0.2, 0) is 4.74 Å². The van der Waals surface area contributed by atoms with Gasteiger partial charge in [-0.25, -0.2) is 0 Å². The Morgan fingerprint density at radius 3 is 2.55 bits per heavy atom. The van der Waals surface area contributed by atoms with Crippen molar-refractivity contribution >= 4 is 5.96 Å². The van der Waals surface area contributed by atoms with E-state index in [0.717, 1.165) is 39.1 Å². The number of nitrogens with zero attached hydrogens (tertiary/aromatic N) is 2. The van der Waals surface area contributed by atoms with Crippen molar-refractivity contribution in [2.45, 2.75) is 45.1 Å². The first-order chi connectivity index (χ1) is 9.62. The van der Waals surface area contributed by atoms with Crippen LogP contribution in [0.5, 0.6) is 0 Å². The molecule has 2 aliphatic rings. The van der Waals surface area contributed by atoms with Crippen LogP contribution in [0, 0.1) is 5.92 Å². The van der Waals surface area contributed by atoms with Crippen LogP contribution in [-0.4, -0.2) is 55.8 Å². The SMILES string of the molecule is CC(C)CNC(N)=NCC1(N2CCCC2)CCOCC1. The van der Waals surface area contributed by atoms with Gasteiger partial charge in [-0.15, -0.1) is 0 Å². The number of hydrogen-bond acceptors (Lipinski definition) is 3. The zero-order valence-corrected chi connectivity index (χ0v) is 13.0. The lowest BCUT2D eigenvalue weighted by atomic mass is 9.88. The number of nitrogens with two attached hydrogens (primary N) is 1. The van der Waals surface area contributed by atoms with Gasteiger partial charge in [0.05, 0.1) is 6.54 Å². The second kappa shape index (κ2) is 7.27. The highest BCUT2D eigenvalue weighted by Crippen LogP contribution is 2.31. The Balaban J connectivity index is 1.95. The van der Waals surface area contributed by atoms with E-state index in [9.17, 15) is 0 Å². The molecule has 116 valence electrons. The predicted octanol–water partition coefficient (Wildman–Crippen LogP) is 1.19. The van der Waals surface area contributed by atoms with Crippen LogP contribution in [0.1, 0.15) is 39.5 Å². The molecule has 0 unspecified atom stereocenters. The fourth-order valence-electron chi connectivity index (χ4n) is 3.11. The predicted molar refractivity (Wildman–Crippen MR) is 82.9 cm³/mol. The first-order valence-corrected chi connectivity index (χ1v) is 7.99. The van der Waals surface area contributed by atoms with E-state index >= 15 is 0 Å². The van der Waals surface area contributed by atoms with Gasteiger partial charge in [0.2, 0.25) is 0 Å². The topological polar surface area (TPSA) is 62.9 Å². The van der Waals surface area contributed by atoms with E-state index in [4.69, 9.17) is 10.5 Å². The zero-order valence-electron chi connectivity index (χ0n) is 13.0. The van der Waals surface area contributed by atoms with Crippen LogP contribution in [0.25, 0.3) is 0 Å². The van der Waals surface area contributed by atoms with Gasteiger partial charge in [0.15, 0.2) is 5.96 Å². The molecule has 2 heterocycles. The lowest BCUT2D eigenvalue weighted by Gasteiger charge is -2.43. The van der Waals surface area contributed by atoms with Gasteiger partial charge in [-0.1, -0.05) is 13.8 Å². The number of ether oxygens (including phenoxy) is 1. The second-order valence-corrected chi connectivity index (χ2v) is 6.51. The van der Waals surface area contributed by atoms with Crippen molar-refractivity contribution in [1.82, 2.24) is 10.2 Å². The van der Waals surface area contributed by atoms with Crippen molar-refractivity contribution in [3.63, 3.8) is 0 Å². The van der Waals surface area contributed by atoms with Crippen molar-refractivity contribution in [2.75, 3.05) is 39.4 Å². The number of hydrogen-bond donors (Lipinski definition) is 2. The Morgan fingerprint density at radius 1 is 1.30 bits per heavy atom. The van der Waals surface area contributed by atoms with E-state index in [1.165, 1.54) is 25.9 Å². The zero-order chi connectivity index (χ0) is 14.4. The molecule has 0 aliphatic carbocycles. The summed E-state index contributed by atoms with van der Waals surface area (Å²) in [4.78, 5) is 7.24. The number of aliphatic imine (C=N–C) groups is 1. The van der Waals surface area contributed by atoms with E-state index in [0.29, 0.717) is 11.9 Å². The maximum Gasteiger partial charge on any atom is 0.188 e. The molecule has 0 spiro atoms. The molecule has 2 rings (SSSR count). The maximum atomic E-state index is 5.99. The Bertz CT molecular complexity index is 318. The third-order valence-corrected chi connectivity index (χ3v) is 4.44. The van der Waals surface area contributed by atoms with E-state index in [1.54, 1.807) is 0 Å². The molecule has 20 heavy (non-hydrogen) atoms. The molecule has 5 heteroatoms. The van der Waals surface area contributed by atoms with Gasteiger partial charge in [-0.2, -0.15) is 0 Å². The average molecular weight is 282 g/mol. The van der Waals surface area contributed by atoms with E-state index in [2.05, 4.69) is 29.1 Å². The summed E-state index contributed by atoms with van der Waals surface area (Å²) < 4.78 is 5.55. The van der Waals surface area contributed by atoms with E-state index in [1.807, 2.05) is 0 Å². The molecule has 2 aliphatic heterocycles. The molecule has 3 N–H and O–H groups in total. The van der Waals surface area contributed by atoms with Gasteiger partial charge in [-0.05, 0) is 44.7 Å². The van der Waals surface area contributed by atoms with Gasteiger partial charge in [-0.3, -0.25) is 9.89 Å². The summed E-state index contributed by atoms with van der Waals surface area (Å²) in [7, 11) is 0. The monoisotopic (exact) mass is 282 g/mol. The Labute approximate surface area is 122 Å². The summed E-state index contributed by atoms with van der Waals surface area (Å²) in [6.07, 6.45) is 4.78. The molecule has 0 aromatic heterocycles. The van der Waals surface area contributed by atoms with Crippen LogP contribution < -0.4 is 11.1 Å². The molecular formula is C15H30N4O. The fourth-order valence-corrected chi connectivity index (χ4v) is 3.11. The van der Waals surface area contributed by atoms with Gasteiger partial charge in [0.25, 0.3) is 0 Å². The highest BCUT2D eigenvalue weighted by molar-refractivity contribution is 5.77. The first-order valence-electron chi connectivity index (χ1n) is 7.99. The minimum absolute atomic E-state index is 0.179. The Hall–Kier alpha value is -0.810. The number of nitrogens with one attached hydrogen (secondary N) is 1. The standard InChI is InChI=1S/C15H30N4O/c1-13(2)11-17-14(16)18-12-15(5-9-20-10-6-15)19-7-3-4-8-19/h13H,3-12H2,1-2H3,(H3,16,17,18). The largest absolute Gasteiger partial charge is 0.381 e. The normalized spacial score (nSPS) is 24.2. The summed E-state index contributed by atoms with van der Waals surface area (Å²) in [6, 6.07) is 0. The summed E-state index contributed by atoms with van der Waals surface area (Å²) in [6.45, 7) is 10.1. The first kappa shape index (κ1) is 15.6. The van der Waals surface area contributed by atoms with Crippen molar-refractivity contribution in [3.8, 4) is 0 Å². The molecule has 0 atom stereocenters. The molecule has 2 saturated heterocycles. The summed E-state index contributed by atoms with van der Waals surface area (Å²) >= 11 is 0. The van der Waals surface area contributed by atoms with Crippen LogP contribution in [0.15, 0.2) is 4.99 Å². The molecule has 0 amide bonds. The number of guanidine groups is 1. The van der Waals surface area contributed by atoms with Crippen LogP contribution in [0.2, 0.25) is 0 Å².